The van der Waals surface area contributed by atoms with Crippen molar-refractivity contribution in [2.24, 2.45) is 0 Å². The van der Waals surface area contributed by atoms with E-state index in [2.05, 4.69) is 26.3 Å². The number of anilines is 1. The van der Waals surface area contributed by atoms with Gasteiger partial charge in [0, 0.05) is 10.5 Å². The summed E-state index contributed by atoms with van der Waals surface area (Å²) in [6.45, 7) is 0.548. The van der Waals surface area contributed by atoms with Crippen LogP contribution in [-0.2, 0) is 6.54 Å². The van der Waals surface area contributed by atoms with Crippen LogP contribution in [0.25, 0.3) is 0 Å². The second kappa shape index (κ2) is 6.98. The molecule has 0 fully saturated rings. The molecule has 4 nitrogen and oxygen atoms in total. The van der Waals surface area contributed by atoms with Crippen molar-refractivity contribution in [1.29, 1.82) is 0 Å². The molecule has 3 rings (SSSR count). The molecule has 0 bridgehead atoms. The third-order valence-corrected chi connectivity index (χ3v) is 4.46. The summed E-state index contributed by atoms with van der Waals surface area (Å²) in [6.07, 6.45) is 1.65. The van der Waals surface area contributed by atoms with Gasteiger partial charge in [-0.2, -0.15) is 5.10 Å². The first-order valence-electron chi connectivity index (χ1n) is 6.96. The van der Waals surface area contributed by atoms with Crippen molar-refractivity contribution in [2.45, 2.75) is 6.54 Å². The van der Waals surface area contributed by atoms with Gasteiger partial charge in [0.1, 0.15) is 5.82 Å². The molecule has 0 atom stereocenters. The summed E-state index contributed by atoms with van der Waals surface area (Å²) in [7, 11) is 0. The molecule has 23 heavy (non-hydrogen) atoms. The molecule has 1 N–H and O–H groups in total. The molecule has 0 saturated carbocycles. The van der Waals surface area contributed by atoms with Crippen LogP contribution in [0, 0.1) is 0 Å². The van der Waals surface area contributed by atoms with Gasteiger partial charge in [-0.15, -0.1) is 0 Å². The molecule has 0 aliphatic heterocycles. The molecule has 0 aliphatic rings. The SMILES string of the molecule is O=C(Nc1ccnn1Cc1ccccc1Br)c1ccccc1Cl. The standard InChI is InChI=1S/C17H13BrClN3O/c18-14-7-3-1-5-12(14)11-22-16(9-10-20-22)21-17(23)13-6-2-4-8-15(13)19/h1-10H,11H2,(H,21,23). The van der Waals surface area contributed by atoms with E-state index in [0.717, 1.165) is 10.0 Å². The average molecular weight is 391 g/mol. The fourth-order valence-corrected chi connectivity index (χ4v) is 2.81. The number of hydrogen-bond acceptors (Lipinski definition) is 2. The Labute approximate surface area is 147 Å². The lowest BCUT2D eigenvalue weighted by molar-refractivity contribution is 0.102. The summed E-state index contributed by atoms with van der Waals surface area (Å²) >= 11 is 9.58. The smallest absolute Gasteiger partial charge is 0.258 e. The number of aromatic nitrogens is 2. The number of carbonyl (C=O) groups excluding carboxylic acids is 1. The van der Waals surface area contributed by atoms with E-state index in [1.165, 1.54) is 0 Å². The lowest BCUT2D eigenvalue weighted by Gasteiger charge is -2.11. The van der Waals surface area contributed by atoms with E-state index >= 15 is 0 Å². The predicted octanol–water partition coefficient (Wildman–Crippen LogP) is 4.60. The Bertz CT molecular complexity index is 847. The fourth-order valence-electron chi connectivity index (χ4n) is 2.18. The number of hydrogen-bond donors (Lipinski definition) is 1. The van der Waals surface area contributed by atoms with E-state index in [1.54, 1.807) is 41.2 Å². The molecule has 3 aromatic rings. The number of amides is 1. The first-order valence-corrected chi connectivity index (χ1v) is 8.13. The zero-order chi connectivity index (χ0) is 16.2. The molecular weight excluding hydrogens is 378 g/mol. The van der Waals surface area contributed by atoms with Crippen molar-refractivity contribution in [1.82, 2.24) is 9.78 Å². The van der Waals surface area contributed by atoms with Crippen LogP contribution in [0.5, 0.6) is 0 Å². The highest BCUT2D eigenvalue weighted by atomic mass is 79.9. The molecule has 1 amide bonds. The maximum absolute atomic E-state index is 12.4. The largest absolute Gasteiger partial charge is 0.307 e. The summed E-state index contributed by atoms with van der Waals surface area (Å²) in [5.74, 6) is 0.357. The lowest BCUT2D eigenvalue weighted by atomic mass is 10.2. The van der Waals surface area contributed by atoms with Crippen molar-refractivity contribution < 1.29 is 4.79 Å². The Balaban J connectivity index is 1.80. The summed E-state index contributed by atoms with van der Waals surface area (Å²) in [4.78, 5) is 12.4. The molecule has 0 unspecified atom stereocenters. The van der Waals surface area contributed by atoms with Gasteiger partial charge in [0.2, 0.25) is 0 Å². The second-order valence-electron chi connectivity index (χ2n) is 4.90. The third kappa shape index (κ3) is 3.63. The van der Waals surface area contributed by atoms with Gasteiger partial charge in [-0.25, -0.2) is 4.68 Å². The van der Waals surface area contributed by atoms with Crippen molar-refractivity contribution in [3.63, 3.8) is 0 Å². The van der Waals surface area contributed by atoms with Crippen LogP contribution < -0.4 is 5.32 Å². The quantitative estimate of drug-likeness (QED) is 0.708. The number of nitrogens with zero attached hydrogens (tertiary/aromatic N) is 2. The van der Waals surface area contributed by atoms with Crippen molar-refractivity contribution in [3.05, 3.63) is 81.4 Å². The van der Waals surface area contributed by atoms with Gasteiger partial charge in [-0.05, 0) is 23.8 Å². The molecule has 0 aliphatic carbocycles. The average Bonchev–Trinajstić information content (AvgIpc) is 2.97. The molecule has 1 aromatic heterocycles. The molecule has 1 heterocycles. The number of halogens is 2. The van der Waals surface area contributed by atoms with Crippen molar-refractivity contribution >= 4 is 39.3 Å². The van der Waals surface area contributed by atoms with Gasteiger partial charge in [0.15, 0.2) is 0 Å². The van der Waals surface area contributed by atoms with Crippen LogP contribution in [0.2, 0.25) is 5.02 Å². The van der Waals surface area contributed by atoms with Crippen LogP contribution in [0.4, 0.5) is 5.82 Å². The summed E-state index contributed by atoms with van der Waals surface area (Å²) < 4.78 is 2.73. The lowest BCUT2D eigenvalue weighted by Crippen LogP contribution is -2.16. The Kier molecular flexibility index (Phi) is 4.79. The van der Waals surface area contributed by atoms with E-state index in [9.17, 15) is 4.79 Å². The fraction of sp³-hybridized carbons (Fsp3) is 0.0588. The number of benzene rings is 2. The van der Waals surface area contributed by atoms with Gasteiger partial charge >= 0.3 is 0 Å². The minimum atomic E-state index is -0.260. The third-order valence-electron chi connectivity index (χ3n) is 3.35. The maximum atomic E-state index is 12.4. The number of carbonyl (C=O) groups is 1. The Morgan fingerprint density at radius 2 is 1.87 bits per heavy atom. The van der Waals surface area contributed by atoms with Crippen molar-refractivity contribution in [2.75, 3.05) is 5.32 Å². The van der Waals surface area contributed by atoms with Gasteiger partial charge in [-0.1, -0.05) is 57.9 Å². The first kappa shape index (κ1) is 15.8. The van der Waals surface area contributed by atoms with Crippen LogP contribution in [0.3, 0.4) is 0 Å². The molecule has 0 spiro atoms. The summed E-state index contributed by atoms with van der Waals surface area (Å²) in [5, 5.41) is 7.54. The van der Waals surface area contributed by atoms with Gasteiger partial charge in [-0.3, -0.25) is 4.79 Å². The normalized spacial score (nSPS) is 10.5. The van der Waals surface area contributed by atoms with E-state index in [4.69, 9.17) is 11.6 Å². The first-order chi connectivity index (χ1) is 11.1. The summed E-state index contributed by atoms with van der Waals surface area (Å²) in [6, 6.07) is 16.6. The van der Waals surface area contributed by atoms with Gasteiger partial charge in [0.25, 0.3) is 5.91 Å². The van der Waals surface area contributed by atoms with E-state index < -0.39 is 0 Å². The highest BCUT2D eigenvalue weighted by Crippen LogP contribution is 2.20. The minimum Gasteiger partial charge on any atom is -0.307 e. The zero-order valence-corrected chi connectivity index (χ0v) is 14.4. The van der Waals surface area contributed by atoms with Crippen molar-refractivity contribution in [3.8, 4) is 0 Å². The molecule has 0 radical (unpaired) electrons. The summed E-state index contributed by atoms with van der Waals surface area (Å²) in [5.41, 5.74) is 1.51. The van der Waals surface area contributed by atoms with E-state index in [-0.39, 0.29) is 5.91 Å². The molecule has 2 aromatic carbocycles. The Morgan fingerprint density at radius 1 is 1.13 bits per heavy atom. The topological polar surface area (TPSA) is 46.9 Å². The predicted molar refractivity (Wildman–Crippen MR) is 94.9 cm³/mol. The number of rotatable bonds is 4. The van der Waals surface area contributed by atoms with Crippen LogP contribution in [0.1, 0.15) is 15.9 Å². The maximum Gasteiger partial charge on any atom is 0.258 e. The second-order valence-corrected chi connectivity index (χ2v) is 6.16. The number of nitrogens with one attached hydrogen (secondary N) is 1. The zero-order valence-electron chi connectivity index (χ0n) is 12.0. The molecule has 6 heteroatoms. The molecular formula is C17H13BrClN3O. The van der Waals surface area contributed by atoms with E-state index in [1.807, 2.05) is 24.3 Å². The van der Waals surface area contributed by atoms with Gasteiger partial charge < -0.3 is 5.32 Å². The minimum absolute atomic E-state index is 0.260. The Morgan fingerprint density at radius 3 is 2.65 bits per heavy atom. The highest BCUT2D eigenvalue weighted by molar-refractivity contribution is 9.10. The molecule has 0 saturated heterocycles. The Hall–Kier alpha value is -2.11. The van der Waals surface area contributed by atoms with Crippen LogP contribution >= 0.6 is 27.5 Å². The van der Waals surface area contributed by atoms with Crippen LogP contribution in [0.15, 0.2) is 65.3 Å². The monoisotopic (exact) mass is 389 g/mol. The van der Waals surface area contributed by atoms with Crippen LogP contribution in [-0.4, -0.2) is 15.7 Å². The highest BCUT2D eigenvalue weighted by Gasteiger charge is 2.13. The molecule has 116 valence electrons. The van der Waals surface area contributed by atoms with Gasteiger partial charge in [0.05, 0.1) is 23.3 Å². The van der Waals surface area contributed by atoms with E-state index in [0.29, 0.717) is 22.9 Å².